The van der Waals surface area contributed by atoms with Crippen molar-refractivity contribution < 1.29 is 18.7 Å². The summed E-state index contributed by atoms with van der Waals surface area (Å²) in [6.07, 6.45) is 2.27. The lowest BCUT2D eigenvalue weighted by Gasteiger charge is -2.22. The van der Waals surface area contributed by atoms with Crippen LogP contribution in [0.1, 0.15) is 47.8 Å². The van der Waals surface area contributed by atoms with Crippen LogP contribution in [-0.2, 0) is 19.6 Å². The van der Waals surface area contributed by atoms with Gasteiger partial charge in [0, 0.05) is 24.7 Å². The lowest BCUT2D eigenvalue weighted by molar-refractivity contribution is 0.0934. The maximum atomic E-state index is 12.4. The molecule has 0 aliphatic heterocycles. The highest BCUT2D eigenvalue weighted by Crippen LogP contribution is 2.26. The summed E-state index contributed by atoms with van der Waals surface area (Å²) in [5.41, 5.74) is 2.44. The van der Waals surface area contributed by atoms with E-state index in [2.05, 4.69) is 27.3 Å². The van der Waals surface area contributed by atoms with Crippen molar-refractivity contribution in [3.05, 3.63) is 77.5 Å². The molecule has 32 heavy (non-hydrogen) atoms. The van der Waals surface area contributed by atoms with E-state index in [0.29, 0.717) is 31.2 Å². The second-order valence-electron chi connectivity index (χ2n) is 7.72. The summed E-state index contributed by atoms with van der Waals surface area (Å²) in [5.74, 6) is 1.81. The number of methoxy groups -OCH3 is 2. The Hall–Kier alpha value is -3.32. The Morgan fingerprint density at radius 1 is 1.09 bits per heavy atom. The van der Waals surface area contributed by atoms with Gasteiger partial charge in [-0.15, -0.1) is 0 Å². The van der Waals surface area contributed by atoms with Crippen LogP contribution < -0.4 is 14.8 Å². The van der Waals surface area contributed by atoms with Crippen LogP contribution >= 0.6 is 0 Å². The van der Waals surface area contributed by atoms with E-state index in [1.165, 1.54) is 6.26 Å². The summed E-state index contributed by atoms with van der Waals surface area (Å²) in [6, 6.07) is 16.0. The maximum absolute atomic E-state index is 12.4. The van der Waals surface area contributed by atoms with E-state index >= 15 is 0 Å². The number of oxazole rings is 1. The topological polar surface area (TPSA) is 76.8 Å². The minimum atomic E-state index is -0.224. The van der Waals surface area contributed by atoms with Crippen molar-refractivity contribution in [2.45, 2.75) is 45.9 Å². The van der Waals surface area contributed by atoms with Crippen molar-refractivity contribution in [3.8, 4) is 11.5 Å². The van der Waals surface area contributed by atoms with Crippen LogP contribution in [0.25, 0.3) is 0 Å². The molecule has 1 amide bonds. The van der Waals surface area contributed by atoms with Gasteiger partial charge in [0.1, 0.15) is 17.8 Å². The molecule has 3 aromatic rings. The van der Waals surface area contributed by atoms with Gasteiger partial charge in [-0.25, -0.2) is 4.98 Å². The smallest absolute Gasteiger partial charge is 0.273 e. The van der Waals surface area contributed by atoms with Gasteiger partial charge >= 0.3 is 0 Å². The van der Waals surface area contributed by atoms with Crippen molar-refractivity contribution in [1.82, 2.24) is 15.2 Å². The number of aromatic nitrogens is 1. The van der Waals surface area contributed by atoms with E-state index in [1.807, 2.05) is 50.2 Å². The molecular formula is C25H31N3O4. The van der Waals surface area contributed by atoms with Gasteiger partial charge in [0.05, 0.1) is 20.8 Å². The van der Waals surface area contributed by atoms with Crippen molar-refractivity contribution in [2.75, 3.05) is 14.2 Å². The van der Waals surface area contributed by atoms with Crippen LogP contribution in [0.3, 0.4) is 0 Å². The van der Waals surface area contributed by atoms with Gasteiger partial charge in [0.25, 0.3) is 5.91 Å². The first-order chi connectivity index (χ1) is 15.5. The van der Waals surface area contributed by atoms with E-state index in [1.54, 1.807) is 14.2 Å². The second-order valence-corrected chi connectivity index (χ2v) is 7.72. The fourth-order valence-corrected chi connectivity index (χ4v) is 3.33. The number of amides is 1. The molecule has 0 aliphatic carbocycles. The van der Waals surface area contributed by atoms with Gasteiger partial charge in [0.2, 0.25) is 5.89 Å². The molecule has 7 heteroatoms. The number of ether oxygens (including phenoxy) is 2. The largest absolute Gasteiger partial charge is 0.497 e. The molecule has 3 rings (SSSR count). The highest BCUT2D eigenvalue weighted by molar-refractivity contribution is 5.92. The molecule has 0 saturated carbocycles. The molecule has 1 aromatic heterocycles. The SMILES string of the molecule is CC[C@@H](C)NC(=O)c1coc(CN(Cc2ccccc2)Cc2cc(OC)ccc2OC)n1. The predicted molar refractivity (Wildman–Crippen MR) is 123 cm³/mol. The van der Waals surface area contributed by atoms with Crippen molar-refractivity contribution in [1.29, 1.82) is 0 Å². The Labute approximate surface area is 189 Å². The molecule has 1 heterocycles. The molecule has 2 aromatic carbocycles. The monoisotopic (exact) mass is 437 g/mol. The number of nitrogens with zero attached hydrogens (tertiary/aromatic N) is 2. The number of rotatable bonds is 11. The van der Waals surface area contributed by atoms with Crippen molar-refractivity contribution in [3.63, 3.8) is 0 Å². The highest BCUT2D eigenvalue weighted by atomic mass is 16.5. The van der Waals surface area contributed by atoms with Gasteiger partial charge in [-0.05, 0) is 37.1 Å². The number of hydrogen-bond acceptors (Lipinski definition) is 6. The van der Waals surface area contributed by atoms with Crippen LogP contribution in [0.15, 0.2) is 59.2 Å². The summed E-state index contributed by atoms with van der Waals surface area (Å²) < 4.78 is 16.6. The number of benzene rings is 2. The Morgan fingerprint density at radius 2 is 1.88 bits per heavy atom. The van der Waals surface area contributed by atoms with Crippen LogP contribution in [0.5, 0.6) is 11.5 Å². The minimum Gasteiger partial charge on any atom is -0.497 e. The average Bonchev–Trinajstić information content (AvgIpc) is 3.28. The van der Waals surface area contributed by atoms with Gasteiger partial charge in [0.15, 0.2) is 5.69 Å². The highest BCUT2D eigenvalue weighted by Gasteiger charge is 2.18. The summed E-state index contributed by atoms with van der Waals surface area (Å²) in [5, 5.41) is 2.91. The third-order valence-electron chi connectivity index (χ3n) is 5.26. The number of hydrogen-bond donors (Lipinski definition) is 1. The zero-order chi connectivity index (χ0) is 22.9. The molecule has 0 saturated heterocycles. The first-order valence-electron chi connectivity index (χ1n) is 10.7. The summed E-state index contributed by atoms with van der Waals surface area (Å²) in [4.78, 5) is 19.0. The Kier molecular flexibility index (Phi) is 8.27. The van der Waals surface area contributed by atoms with Crippen LogP contribution in [-0.4, -0.2) is 36.1 Å². The molecule has 0 fully saturated rings. The van der Waals surface area contributed by atoms with Crippen molar-refractivity contribution >= 4 is 5.91 Å². The molecule has 1 atom stereocenters. The lowest BCUT2D eigenvalue weighted by atomic mass is 10.1. The maximum Gasteiger partial charge on any atom is 0.273 e. The number of carbonyl (C=O) groups is 1. The average molecular weight is 438 g/mol. The standard InChI is InChI=1S/C25H31N3O4/c1-5-18(2)26-25(29)22-17-32-24(27-22)16-28(14-19-9-7-6-8-10-19)15-20-13-21(30-3)11-12-23(20)31-4/h6-13,17-18H,5,14-16H2,1-4H3,(H,26,29)/t18-/m1/s1. The van der Waals surface area contributed by atoms with Gasteiger partial charge in [-0.3, -0.25) is 9.69 Å². The van der Waals surface area contributed by atoms with Gasteiger partial charge in [-0.1, -0.05) is 37.3 Å². The van der Waals surface area contributed by atoms with Crippen LogP contribution in [0, 0.1) is 0 Å². The third-order valence-corrected chi connectivity index (χ3v) is 5.26. The second kappa shape index (κ2) is 11.3. The molecule has 7 nitrogen and oxygen atoms in total. The molecule has 170 valence electrons. The van der Waals surface area contributed by atoms with E-state index in [9.17, 15) is 4.79 Å². The predicted octanol–water partition coefficient (Wildman–Crippen LogP) is 4.42. The molecule has 0 spiro atoms. The summed E-state index contributed by atoms with van der Waals surface area (Å²) >= 11 is 0. The zero-order valence-electron chi connectivity index (χ0n) is 19.1. The van der Waals surface area contributed by atoms with Crippen LogP contribution in [0.4, 0.5) is 0 Å². The van der Waals surface area contributed by atoms with E-state index in [-0.39, 0.29) is 11.9 Å². The Bertz CT molecular complexity index is 1000. The van der Waals surface area contributed by atoms with Crippen LogP contribution in [0.2, 0.25) is 0 Å². The quantitative estimate of drug-likeness (QED) is 0.478. The number of carbonyl (C=O) groups excluding carboxylic acids is 1. The molecule has 1 N–H and O–H groups in total. The van der Waals surface area contributed by atoms with Crippen molar-refractivity contribution in [2.24, 2.45) is 0 Å². The summed E-state index contributed by atoms with van der Waals surface area (Å²) in [7, 11) is 3.30. The minimum absolute atomic E-state index is 0.0813. The molecule has 0 aliphatic rings. The summed E-state index contributed by atoms with van der Waals surface area (Å²) in [6.45, 7) is 5.69. The molecular weight excluding hydrogens is 406 g/mol. The molecule has 0 radical (unpaired) electrons. The number of nitrogens with one attached hydrogen (secondary N) is 1. The first kappa shape index (κ1) is 23.3. The zero-order valence-corrected chi connectivity index (χ0v) is 19.1. The third kappa shape index (κ3) is 6.34. The van der Waals surface area contributed by atoms with Gasteiger partial charge in [-0.2, -0.15) is 0 Å². The Balaban J connectivity index is 1.81. The normalized spacial score (nSPS) is 11.9. The fraction of sp³-hybridized carbons (Fsp3) is 0.360. The van der Waals surface area contributed by atoms with Gasteiger partial charge < -0.3 is 19.2 Å². The Morgan fingerprint density at radius 3 is 2.56 bits per heavy atom. The van der Waals surface area contributed by atoms with E-state index in [4.69, 9.17) is 13.9 Å². The fourth-order valence-electron chi connectivity index (χ4n) is 3.33. The molecule has 0 unspecified atom stereocenters. The lowest BCUT2D eigenvalue weighted by Crippen LogP contribution is -2.32. The van der Waals surface area contributed by atoms with E-state index in [0.717, 1.165) is 29.0 Å². The first-order valence-corrected chi connectivity index (χ1v) is 10.7. The van der Waals surface area contributed by atoms with E-state index < -0.39 is 0 Å². The molecule has 0 bridgehead atoms.